The molecule has 4 rings (SSSR count). The number of allylic oxidation sites excluding steroid dienone is 1. The highest BCUT2D eigenvalue weighted by Gasteiger charge is 2.20. The number of Topliss-reactive ketones (excluding diaryl/α,β-unsaturated/α-hetero) is 1. The van der Waals surface area contributed by atoms with Crippen LogP contribution in [0.15, 0.2) is 60.5 Å². The maximum atomic E-state index is 13.0. The Bertz CT molecular complexity index is 1190. The van der Waals surface area contributed by atoms with E-state index in [9.17, 15) is 4.79 Å². The summed E-state index contributed by atoms with van der Waals surface area (Å²) >= 11 is 1.39. The van der Waals surface area contributed by atoms with Crippen molar-refractivity contribution in [2.75, 3.05) is 5.75 Å². The lowest BCUT2D eigenvalue weighted by molar-refractivity contribution is 0.102. The first-order chi connectivity index (χ1) is 15.1. The Kier molecular flexibility index (Phi) is 6.13. The summed E-state index contributed by atoms with van der Waals surface area (Å²) in [5, 5.41) is 16.1. The number of H-pyrrole nitrogens is 1. The van der Waals surface area contributed by atoms with Gasteiger partial charge in [0.25, 0.3) is 0 Å². The number of rotatable bonds is 9. The van der Waals surface area contributed by atoms with E-state index in [-0.39, 0.29) is 11.5 Å². The fourth-order valence-corrected chi connectivity index (χ4v) is 4.38. The van der Waals surface area contributed by atoms with Crippen molar-refractivity contribution in [2.45, 2.75) is 32.0 Å². The van der Waals surface area contributed by atoms with Gasteiger partial charge in [0.05, 0.1) is 5.75 Å². The van der Waals surface area contributed by atoms with Crippen LogP contribution in [0.3, 0.4) is 0 Å². The van der Waals surface area contributed by atoms with Crippen molar-refractivity contribution in [3.05, 3.63) is 83.7 Å². The zero-order valence-corrected chi connectivity index (χ0v) is 18.3. The van der Waals surface area contributed by atoms with Gasteiger partial charge >= 0.3 is 0 Å². The molecule has 3 heterocycles. The van der Waals surface area contributed by atoms with Crippen LogP contribution in [0, 0.1) is 13.8 Å². The lowest BCUT2D eigenvalue weighted by atomic mass is 10.1. The summed E-state index contributed by atoms with van der Waals surface area (Å²) in [5.41, 5.74) is 3.58. The summed E-state index contributed by atoms with van der Waals surface area (Å²) in [5.74, 6) is 1.74. The van der Waals surface area contributed by atoms with Gasteiger partial charge in [0.2, 0.25) is 5.95 Å². The van der Waals surface area contributed by atoms with E-state index in [2.05, 4.69) is 44.1 Å². The quantitative estimate of drug-likeness (QED) is 0.246. The average Bonchev–Trinajstić information content (AvgIpc) is 3.48. The molecule has 0 bridgehead atoms. The van der Waals surface area contributed by atoms with E-state index in [4.69, 9.17) is 0 Å². The molecule has 0 aliphatic heterocycles. The fraction of sp³-hybridized carbons (Fsp3) is 0.227. The number of aromatic amines is 1. The molecule has 0 saturated carbocycles. The predicted molar refractivity (Wildman–Crippen MR) is 120 cm³/mol. The van der Waals surface area contributed by atoms with Crippen LogP contribution in [0.1, 0.15) is 33.1 Å². The Balaban J connectivity index is 1.51. The van der Waals surface area contributed by atoms with Gasteiger partial charge in [-0.1, -0.05) is 48.2 Å². The van der Waals surface area contributed by atoms with Crippen LogP contribution in [0.2, 0.25) is 0 Å². The number of aromatic nitrogens is 7. The number of nitrogens with zero attached hydrogens (tertiary/aromatic N) is 6. The van der Waals surface area contributed by atoms with Crippen LogP contribution in [0.25, 0.3) is 5.95 Å². The molecule has 158 valence electrons. The molecule has 8 nitrogen and oxygen atoms in total. The molecule has 9 heteroatoms. The molecule has 0 fully saturated rings. The number of carbonyl (C=O) groups is 1. The zero-order valence-electron chi connectivity index (χ0n) is 17.4. The zero-order chi connectivity index (χ0) is 21.8. The first-order valence-electron chi connectivity index (χ1n) is 9.86. The van der Waals surface area contributed by atoms with Crippen LogP contribution in [0.4, 0.5) is 0 Å². The van der Waals surface area contributed by atoms with Gasteiger partial charge in [0, 0.05) is 29.9 Å². The van der Waals surface area contributed by atoms with E-state index < -0.39 is 0 Å². The van der Waals surface area contributed by atoms with Gasteiger partial charge in [-0.3, -0.25) is 9.36 Å². The molecule has 0 saturated heterocycles. The Morgan fingerprint density at radius 1 is 1.23 bits per heavy atom. The number of hydrogen-bond acceptors (Lipinski definition) is 6. The van der Waals surface area contributed by atoms with Crippen LogP contribution in [-0.2, 0) is 13.0 Å². The van der Waals surface area contributed by atoms with Crippen LogP contribution < -0.4 is 0 Å². The van der Waals surface area contributed by atoms with Gasteiger partial charge in [0.15, 0.2) is 10.9 Å². The van der Waals surface area contributed by atoms with Gasteiger partial charge < -0.3 is 4.57 Å². The Morgan fingerprint density at radius 2 is 2.03 bits per heavy atom. The third-order valence-electron chi connectivity index (χ3n) is 4.99. The molecule has 4 aromatic rings. The fourth-order valence-electron chi connectivity index (χ4n) is 3.53. The standard InChI is InChI=1S/C22H23N7OS/c1-4-10-28-20(12-17-8-6-5-7-9-17)25-27-22(28)31-13-19(30)18-11-15(2)29(16(18)3)21-23-14-24-26-21/h4-9,11,14H,1,10,12-13H2,2-3H3,(H,23,24,26). The summed E-state index contributed by atoms with van der Waals surface area (Å²) in [6.07, 6.45) is 3.94. The highest BCUT2D eigenvalue weighted by molar-refractivity contribution is 7.99. The summed E-state index contributed by atoms with van der Waals surface area (Å²) < 4.78 is 3.90. The molecule has 0 aliphatic carbocycles. The van der Waals surface area contributed by atoms with Crippen LogP contribution in [-0.4, -0.2) is 46.0 Å². The molecule has 0 aliphatic rings. The molecule has 0 spiro atoms. The van der Waals surface area contributed by atoms with Gasteiger partial charge in [-0.25, -0.2) is 5.10 Å². The molecule has 0 radical (unpaired) electrons. The maximum Gasteiger partial charge on any atom is 0.229 e. The van der Waals surface area contributed by atoms with E-state index in [1.54, 1.807) is 0 Å². The average molecular weight is 434 g/mol. The summed E-state index contributed by atoms with van der Waals surface area (Å²) in [6.45, 7) is 8.28. The van der Waals surface area contributed by atoms with Crippen LogP contribution >= 0.6 is 11.8 Å². The second-order valence-corrected chi connectivity index (χ2v) is 8.04. The molecule has 3 aromatic heterocycles. The Morgan fingerprint density at radius 3 is 2.74 bits per heavy atom. The molecule has 0 unspecified atom stereocenters. The van der Waals surface area contributed by atoms with E-state index >= 15 is 0 Å². The Hall–Kier alpha value is -3.46. The smallest absolute Gasteiger partial charge is 0.229 e. The number of thioether (sulfide) groups is 1. The van der Waals surface area contributed by atoms with Crippen molar-refractivity contribution < 1.29 is 4.79 Å². The Labute approximate surface area is 184 Å². The summed E-state index contributed by atoms with van der Waals surface area (Å²) in [7, 11) is 0. The highest BCUT2D eigenvalue weighted by Crippen LogP contribution is 2.23. The normalized spacial score (nSPS) is 11.0. The number of ketones is 1. The van der Waals surface area contributed by atoms with E-state index in [1.165, 1.54) is 18.1 Å². The number of hydrogen-bond donors (Lipinski definition) is 1. The number of carbonyl (C=O) groups excluding carboxylic acids is 1. The van der Waals surface area contributed by atoms with Crippen molar-refractivity contribution in [1.82, 2.24) is 34.5 Å². The second kappa shape index (κ2) is 9.13. The van der Waals surface area contributed by atoms with Crippen molar-refractivity contribution in [1.29, 1.82) is 0 Å². The van der Waals surface area contributed by atoms with E-state index in [1.807, 2.05) is 53.3 Å². The number of aryl methyl sites for hydroxylation is 1. The van der Waals surface area contributed by atoms with E-state index in [0.717, 1.165) is 22.8 Å². The minimum Gasteiger partial charge on any atom is -0.302 e. The van der Waals surface area contributed by atoms with Crippen molar-refractivity contribution in [3.63, 3.8) is 0 Å². The molecule has 0 atom stereocenters. The molecular weight excluding hydrogens is 410 g/mol. The lowest BCUT2D eigenvalue weighted by Gasteiger charge is -2.08. The molecule has 31 heavy (non-hydrogen) atoms. The third kappa shape index (κ3) is 4.36. The lowest BCUT2D eigenvalue weighted by Crippen LogP contribution is -2.08. The SMILES string of the molecule is C=CCn1c(Cc2ccccc2)nnc1SCC(=O)c1cc(C)n(-c2ncn[nH]2)c1C. The molecule has 1 aromatic carbocycles. The molecular formula is C22H23N7OS. The van der Waals surface area contributed by atoms with Crippen molar-refractivity contribution in [2.24, 2.45) is 0 Å². The van der Waals surface area contributed by atoms with Gasteiger partial charge in [-0.05, 0) is 25.5 Å². The maximum absolute atomic E-state index is 13.0. The minimum atomic E-state index is 0.0293. The number of benzene rings is 1. The monoisotopic (exact) mass is 433 g/mol. The predicted octanol–water partition coefficient (Wildman–Crippen LogP) is 3.56. The summed E-state index contributed by atoms with van der Waals surface area (Å²) in [4.78, 5) is 17.2. The van der Waals surface area contributed by atoms with E-state index in [0.29, 0.717) is 29.6 Å². The largest absolute Gasteiger partial charge is 0.302 e. The van der Waals surface area contributed by atoms with Crippen molar-refractivity contribution >= 4 is 17.5 Å². The first kappa shape index (κ1) is 20.8. The third-order valence-corrected chi connectivity index (χ3v) is 5.95. The second-order valence-electron chi connectivity index (χ2n) is 7.10. The molecule has 0 amide bonds. The number of nitrogens with one attached hydrogen (secondary N) is 1. The molecule has 1 N–H and O–H groups in total. The highest BCUT2D eigenvalue weighted by atomic mass is 32.2. The topological polar surface area (TPSA) is 94.3 Å². The van der Waals surface area contributed by atoms with Gasteiger partial charge in [0.1, 0.15) is 12.2 Å². The van der Waals surface area contributed by atoms with Gasteiger partial charge in [-0.15, -0.1) is 16.8 Å². The first-order valence-corrected chi connectivity index (χ1v) is 10.8. The minimum absolute atomic E-state index is 0.0293. The van der Waals surface area contributed by atoms with Crippen molar-refractivity contribution in [3.8, 4) is 5.95 Å². The summed E-state index contributed by atoms with van der Waals surface area (Å²) in [6, 6.07) is 12.0. The van der Waals surface area contributed by atoms with Gasteiger partial charge in [-0.2, -0.15) is 10.1 Å². The van der Waals surface area contributed by atoms with Crippen LogP contribution in [0.5, 0.6) is 0 Å².